The molecule has 0 spiro atoms. The normalized spacial score (nSPS) is 16.7. The Morgan fingerprint density at radius 1 is 1.11 bits per heavy atom. The van der Waals surface area contributed by atoms with Crippen LogP contribution in [0, 0.1) is 0 Å². The first-order valence-electron chi connectivity index (χ1n) is 13.2. The summed E-state index contributed by atoms with van der Waals surface area (Å²) in [6, 6.07) is 14.4. The van der Waals surface area contributed by atoms with E-state index in [4.69, 9.17) is 20.2 Å². The van der Waals surface area contributed by atoms with Gasteiger partial charge in [0, 0.05) is 67.3 Å². The summed E-state index contributed by atoms with van der Waals surface area (Å²) in [5.41, 5.74) is 8.85. The fourth-order valence-corrected chi connectivity index (χ4v) is 5.56. The van der Waals surface area contributed by atoms with E-state index >= 15 is 0 Å². The summed E-state index contributed by atoms with van der Waals surface area (Å²) in [5.74, 6) is 1.19. The molecule has 2 fully saturated rings. The van der Waals surface area contributed by atoms with Crippen LogP contribution in [-0.2, 0) is 6.42 Å². The van der Waals surface area contributed by atoms with Gasteiger partial charge in [-0.15, -0.1) is 11.3 Å². The number of carbonyl (C=O) groups excluding carboxylic acids is 1. The fraction of sp³-hybridized carbons (Fsp3) is 0.448. The van der Waals surface area contributed by atoms with Crippen molar-refractivity contribution >= 4 is 17.2 Å². The number of carbonyl (C=O) groups is 1. The molecule has 7 nitrogen and oxygen atoms in total. The van der Waals surface area contributed by atoms with Crippen molar-refractivity contribution in [1.29, 1.82) is 0 Å². The van der Waals surface area contributed by atoms with Crippen molar-refractivity contribution in [2.24, 2.45) is 5.73 Å². The van der Waals surface area contributed by atoms with Gasteiger partial charge in [-0.05, 0) is 69.2 Å². The van der Waals surface area contributed by atoms with Crippen molar-refractivity contribution in [3.63, 3.8) is 0 Å². The number of nitrogens with zero attached hydrogens (tertiary/aromatic N) is 3. The largest absolute Gasteiger partial charge is 0.492 e. The number of aromatic nitrogens is 1. The summed E-state index contributed by atoms with van der Waals surface area (Å²) in [6.07, 6.45) is 3.38. The molecule has 196 valence electrons. The maximum Gasteiger partial charge on any atom is 0.248 e. The highest BCUT2D eigenvalue weighted by molar-refractivity contribution is 7.10. The van der Waals surface area contributed by atoms with E-state index in [9.17, 15) is 4.79 Å². The number of nitrogens with two attached hydrogens (primary N) is 1. The van der Waals surface area contributed by atoms with Gasteiger partial charge in [-0.25, -0.2) is 4.98 Å². The zero-order chi connectivity index (χ0) is 25.8. The third-order valence-electron chi connectivity index (χ3n) is 6.90. The third kappa shape index (κ3) is 6.89. The van der Waals surface area contributed by atoms with E-state index in [1.54, 1.807) is 23.5 Å². The fourth-order valence-electron chi connectivity index (χ4n) is 4.73. The van der Waals surface area contributed by atoms with Crippen molar-refractivity contribution in [2.75, 3.05) is 39.3 Å². The molecule has 0 atom stereocenters. The standard InChI is InChI=1S/C29H36N4O3S/c1-20(2)36-27-10-5-22(29(30)34)17-23(27)18-28-31-26(19-37-28)21-3-8-25(9-4-21)35-16-15-32-11-13-33(14-12-32)24-6-7-24/h3-5,8-10,17,19-20,24H,6-7,11-16,18H2,1-2H3,(H2,30,34). The van der Waals surface area contributed by atoms with Crippen LogP contribution < -0.4 is 15.2 Å². The molecule has 2 N–H and O–H groups in total. The van der Waals surface area contributed by atoms with Gasteiger partial charge in [0.2, 0.25) is 5.91 Å². The lowest BCUT2D eigenvalue weighted by Crippen LogP contribution is -2.48. The lowest BCUT2D eigenvalue weighted by Gasteiger charge is -2.34. The van der Waals surface area contributed by atoms with Crippen molar-refractivity contribution < 1.29 is 14.3 Å². The highest BCUT2D eigenvalue weighted by atomic mass is 32.1. The van der Waals surface area contributed by atoms with Crippen LogP contribution in [0.15, 0.2) is 47.8 Å². The molecular weight excluding hydrogens is 484 g/mol. The average molecular weight is 521 g/mol. The molecule has 3 aromatic rings. The predicted octanol–water partition coefficient (Wildman–Crippen LogP) is 4.45. The zero-order valence-electron chi connectivity index (χ0n) is 21.7. The van der Waals surface area contributed by atoms with Crippen LogP contribution in [0.4, 0.5) is 0 Å². The number of piperazine rings is 1. The minimum atomic E-state index is -0.448. The Hall–Kier alpha value is -2.94. The minimum absolute atomic E-state index is 0.0308. The molecule has 1 saturated heterocycles. The van der Waals surface area contributed by atoms with Gasteiger partial charge in [-0.3, -0.25) is 14.6 Å². The van der Waals surface area contributed by atoms with E-state index in [1.807, 2.05) is 32.0 Å². The smallest absolute Gasteiger partial charge is 0.248 e. The van der Waals surface area contributed by atoms with Gasteiger partial charge in [-0.2, -0.15) is 0 Å². The topological polar surface area (TPSA) is 80.9 Å². The molecule has 1 aromatic heterocycles. The summed E-state index contributed by atoms with van der Waals surface area (Å²) in [4.78, 5) is 21.7. The molecule has 8 heteroatoms. The van der Waals surface area contributed by atoms with Gasteiger partial charge >= 0.3 is 0 Å². The summed E-state index contributed by atoms with van der Waals surface area (Å²) < 4.78 is 12.0. The number of thiazole rings is 1. The van der Waals surface area contributed by atoms with Gasteiger partial charge in [0.25, 0.3) is 0 Å². The van der Waals surface area contributed by atoms with Crippen LogP contribution in [0.25, 0.3) is 11.3 Å². The monoisotopic (exact) mass is 520 g/mol. The predicted molar refractivity (Wildman–Crippen MR) is 148 cm³/mol. The van der Waals surface area contributed by atoms with Crippen molar-refractivity contribution in [3.05, 3.63) is 64.0 Å². The van der Waals surface area contributed by atoms with E-state index in [0.29, 0.717) is 18.6 Å². The first kappa shape index (κ1) is 25.7. The molecule has 0 bridgehead atoms. The highest BCUT2D eigenvalue weighted by Crippen LogP contribution is 2.29. The van der Waals surface area contributed by atoms with Crippen LogP contribution in [0.1, 0.15) is 47.6 Å². The number of amides is 1. The number of benzene rings is 2. The minimum Gasteiger partial charge on any atom is -0.492 e. The molecule has 1 saturated carbocycles. The lowest BCUT2D eigenvalue weighted by molar-refractivity contribution is 0.1000. The molecule has 0 radical (unpaired) electrons. The van der Waals surface area contributed by atoms with Gasteiger partial charge in [0.05, 0.1) is 16.8 Å². The Kier molecular flexibility index (Phi) is 8.08. The molecule has 1 aliphatic carbocycles. The third-order valence-corrected chi connectivity index (χ3v) is 7.75. The molecule has 0 unspecified atom stereocenters. The zero-order valence-corrected chi connectivity index (χ0v) is 22.5. The maximum atomic E-state index is 11.7. The number of hydrogen-bond acceptors (Lipinski definition) is 7. The Bertz CT molecular complexity index is 1200. The van der Waals surface area contributed by atoms with Crippen molar-refractivity contribution in [2.45, 2.75) is 45.3 Å². The highest BCUT2D eigenvalue weighted by Gasteiger charge is 2.30. The summed E-state index contributed by atoms with van der Waals surface area (Å²) in [6.45, 7) is 10.3. The molecule has 2 aliphatic rings. The second kappa shape index (κ2) is 11.6. The van der Waals surface area contributed by atoms with E-state index in [0.717, 1.165) is 59.0 Å². The van der Waals surface area contributed by atoms with E-state index in [1.165, 1.54) is 25.9 Å². The second-order valence-electron chi connectivity index (χ2n) is 10.1. The quantitative estimate of drug-likeness (QED) is 0.403. The van der Waals surface area contributed by atoms with Gasteiger partial charge in [-0.1, -0.05) is 0 Å². The lowest BCUT2D eigenvalue weighted by atomic mass is 10.1. The molecule has 5 rings (SSSR count). The van der Waals surface area contributed by atoms with Crippen LogP contribution in [0.5, 0.6) is 11.5 Å². The van der Waals surface area contributed by atoms with Crippen LogP contribution in [0.3, 0.4) is 0 Å². The van der Waals surface area contributed by atoms with Crippen LogP contribution in [-0.4, -0.2) is 72.2 Å². The summed E-state index contributed by atoms with van der Waals surface area (Å²) >= 11 is 1.60. The number of primary amides is 1. The SMILES string of the molecule is CC(C)Oc1ccc(C(N)=O)cc1Cc1nc(-c2ccc(OCCN3CCN(C4CC4)CC3)cc2)cs1. The second-order valence-corrected chi connectivity index (χ2v) is 11.1. The van der Waals surface area contributed by atoms with Crippen molar-refractivity contribution in [1.82, 2.24) is 14.8 Å². The number of rotatable bonds is 11. The van der Waals surface area contributed by atoms with Gasteiger partial charge in [0.15, 0.2) is 0 Å². The van der Waals surface area contributed by atoms with Gasteiger partial charge < -0.3 is 15.2 Å². The molecular formula is C29H36N4O3S. The molecule has 2 aromatic carbocycles. The van der Waals surface area contributed by atoms with E-state index in [-0.39, 0.29) is 6.10 Å². The Labute approximate surface area is 223 Å². The molecule has 1 aliphatic heterocycles. The van der Waals surface area contributed by atoms with E-state index in [2.05, 4.69) is 27.3 Å². The Morgan fingerprint density at radius 2 is 1.86 bits per heavy atom. The maximum absolute atomic E-state index is 11.7. The first-order chi connectivity index (χ1) is 17.9. The Balaban J connectivity index is 1.15. The first-order valence-corrected chi connectivity index (χ1v) is 14.1. The molecule has 2 heterocycles. The van der Waals surface area contributed by atoms with E-state index < -0.39 is 5.91 Å². The van der Waals surface area contributed by atoms with Crippen LogP contribution >= 0.6 is 11.3 Å². The van der Waals surface area contributed by atoms with Gasteiger partial charge in [0.1, 0.15) is 18.1 Å². The summed E-state index contributed by atoms with van der Waals surface area (Å²) in [5, 5.41) is 3.01. The molecule has 37 heavy (non-hydrogen) atoms. The summed E-state index contributed by atoms with van der Waals surface area (Å²) in [7, 11) is 0. The van der Waals surface area contributed by atoms with Crippen LogP contribution in [0.2, 0.25) is 0 Å². The number of ether oxygens (including phenoxy) is 2. The molecule has 1 amide bonds. The van der Waals surface area contributed by atoms with Crippen molar-refractivity contribution in [3.8, 4) is 22.8 Å². The Morgan fingerprint density at radius 3 is 2.54 bits per heavy atom. The number of hydrogen-bond donors (Lipinski definition) is 1. The average Bonchev–Trinajstić information content (AvgIpc) is 3.64.